The predicted molar refractivity (Wildman–Crippen MR) is 138 cm³/mol. The molecule has 0 saturated carbocycles. The van der Waals surface area contributed by atoms with Crippen molar-refractivity contribution in [2.45, 2.75) is 13.0 Å². The molecule has 0 amide bonds. The van der Waals surface area contributed by atoms with Crippen LogP contribution in [0.1, 0.15) is 18.5 Å². The van der Waals surface area contributed by atoms with Gasteiger partial charge in [0.15, 0.2) is 5.76 Å². The van der Waals surface area contributed by atoms with Crippen LogP contribution in [-0.4, -0.2) is 19.5 Å². The summed E-state index contributed by atoms with van der Waals surface area (Å²) in [5.74, 6) is 2.07. The maximum Gasteiger partial charge on any atom is 0.225 e. The van der Waals surface area contributed by atoms with Crippen molar-refractivity contribution in [1.82, 2.24) is 19.5 Å². The van der Waals surface area contributed by atoms with Crippen molar-refractivity contribution in [2.75, 3.05) is 5.32 Å². The van der Waals surface area contributed by atoms with Crippen molar-refractivity contribution >= 4 is 16.9 Å². The molecule has 1 N–H and O–H groups in total. The van der Waals surface area contributed by atoms with Gasteiger partial charge in [-0.3, -0.25) is 4.57 Å². The Bertz CT molecular complexity index is 1610. The number of aromatic nitrogens is 4. The molecule has 0 bridgehead atoms. The lowest BCUT2D eigenvalue weighted by molar-refractivity contribution is 0.627. The number of furan rings is 1. The van der Waals surface area contributed by atoms with E-state index in [0.717, 1.165) is 22.1 Å². The summed E-state index contributed by atoms with van der Waals surface area (Å²) in [6.45, 7) is 2.06. The van der Waals surface area contributed by atoms with E-state index in [0.29, 0.717) is 29.0 Å². The number of nitrogens with one attached hydrogen (secondary N) is 1. The highest BCUT2D eigenvalue weighted by atomic mass is 19.1. The Morgan fingerprint density at radius 2 is 1.67 bits per heavy atom. The van der Waals surface area contributed by atoms with E-state index in [1.807, 2.05) is 65.4 Å². The SMILES string of the molecule is CC(Nc1nccc(-n2cc(-c3cc4ccccc4o3)nc2-c2ccc(F)cc2)n1)c1ccccc1. The van der Waals surface area contributed by atoms with Crippen molar-refractivity contribution in [1.29, 1.82) is 0 Å². The van der Waals surface area contributed by atoms with Gasteiger partial charge in [-0.15, -0.1) is 0 Å². The van der Waals surface area contributed by atoms with Crippen LogP contribution in [-0.2, 0) is 0 Å². The topological polar surface area (TPSA) is 68.8 Å². The molecule has 1 atom stereocenters. The summed E-state index contributed by atoms with van der Waals surface area (Å²) in [4.78, 5) is 14.0. The van der Waals surface area contributed by atoms with Crippen molar-refractivity contribution in [3.05, 3.63) is 115 Å². The van der Waals surface area contributed by atoms with Gasteiger partial charge < -0.3 is 9.73 Å². The molecule has 6 aromatic rings. The van der Waals surface area contributed by atoms with E-state index in [4.69, 9.17) is 14.4 Å². The summed E-state index contributed by atoms with van der Waals surface area (Å²) in [5.41, 5.74) is 3.32. The quantitative estimate of drug-likeness (QED) is 0.279. The normalized spacial score (nSPS) is 12.1. The van der Waals surface area contributed by atoms with Gasteiger partial charge in [-0.05, 0) is 55.0 Å². The highest BCUT2D eigenvalue weighted by molar-refractivity contribution is 5.82. The van der Waals surface area contributed by atoms with E-state index in [9.17, 15) is 4.39 Å². The van der Waals surface area contributed by atoms with Gasteiger partial charge in [-0.1, -0.05) is 48.5 Å². The number of nitrogens with zero attached hydrogens (tertiary/aromatic N) is 4. The van der Waals surface area contributed by atoms with Crippen molar-refractivity contribution in [2.24, 2.45) is 0 Å². The van der Waals surface area contributed by atoms with Gasteiger partial charge in [0.05, 0.1) is 6.04 Å². The van der Waals surface area contributed by atoms with Gasteiger partial charge in [0.2, 0.25) is 5.95 Å². The fraction of sp³-hybridized carbons (Fsp3) is 0.0690. The van der Waals surface area contributed by atoms with Crippen LogP contribution in [0.4, 0.5) is 10.3 Å². The summed E-state index contributed by atoms with van der Waals surface area (Å²) in [7, 11) is 0. The van der Waals surface area contributed by atoms with Gasteiger partial charge in [0.1, 0.15) is 28.7 Å². The molecule has 3 heterocycles. The molecule has 36 heavy (non-hydrogen) atoms. The van der Waals surface area contributed by atoms with Gasteiger partial charge in [0.25, 0.3) is 0 Å². The van der Waals surface area contributed by atoms with Crippen molar-refractivity contribution in [3.8, 4) is 28.7 Å². The highest BCUT2D eigenvalue weighted by Crippen LogP contribution is 2.31. The van der Waals surface area contributed by atoms with E-state index >= 15 is 0 Å². The number of imidazole rings is 1. The Hall–Kier alpha value is -4.78. The number of rotatable bonds is 6. The maximum atomic E-state index is 13.7. The monoisotopic (exact) mass is 475 g/mol. The summed E-state index contributed by atoms with van der Waals surface area (Å²) < 4.78 is 21.6. The van der Waals surface area contributed by atoms with Crippen LogP contribution < -0.4 is 5.32 Å². The van der Waals surface area contributed by atoms with Crippen molar-refractivity contribution in [3.63, 3.8) is 0 Å². The second kappa shape index (κ2) is 9.11. The zero-order valence-electron chi connectivity index (χ0n) is 19.5. The number of anilines is 1. The highest BCUT2D eigenvalue weighted by Gasteiger charge is 2.18. The van der Waals surface area contributed by atoms with Crippen LogP contribution in [0.15, 0.2) is 108 Å². The number of fused-ring (bicyclic) bond motifs is 1. The number of hydrogen-bond donors (Lipinski definition) is 1. The minimum absolute atomic E-state index is 0.0203. The molecule has 0 radical (unpaired) electrons. The van der Waals surface area contributed by atoms with E-state index < -0.39 is 0 Å². The van der Waals surface area contributed by atoms with Crippen LogP contribution in [0.25, 0.3) is 39.6 Å². The zero-order chi connectivity index (χ0) is 24.5. The average molecular weight is 476 g/mol. The summed E-state index contributed by atoms with van der Waals surface area (Å²) >= 11 is 0. The third-order valence-corrected chi connectivity index (χ3v) is 6.02. The molecule has 176 valence electrons. The first-order valence-electron chi connectivity index (χ1n) is 11.6. The Kier molecular flexibility index (Phi) is 5.50. The number of halogens is 1. The second-order valence-corrected chi connectivity index (χ2v) is 8.49. The summed E-state index contributed by atoms with van der Waals surface area (Å²) in [5, 5.41) is 4.36. The van der Waals surface area contributed by atoms with Crippen LogP contribution >= 0.6 is 0 Å². The summed E-state index contributed by atoms with van der Waals surface area (Å²) in [6, 6.07) is 28.0. The molecule has 6 rings (SSSR count). The minimum Gasteiger partial charge on any atom is -0.454 e. The van der Waals surface area contributed by atoms with E-state index in [2.05, 4.69) is 29.4 Å². The number of para-hydroxylation sites is 1. The molecule has 7 heteroatoms. The molecule has 1 unspecified atom stereocenters. The Balaban J connectivity index is 1.42. The molecule has 0 spiro atoms. The van der Waals surface area contributed by atoms with Gasteiger partial charge in [0, 0.05) is 23.3 Å². The Morgan fingerprint density at radius 3 is 2.47 bits per heavy atom. The first-order valence-corrected chi connectivity index (χ1v) is 11.6. The van der Waals surface area contributed by atoms with Crippen LogP contribution in [0.5, 0.6) is 0 Å². The Labute approximate surface area is 207 Å². The molecule has 0 aliphatic heterocycles. The van der Waals surface area contributed by atoms with E-state index in [1.165, 1.54) is 12.1 Å². The van der Waals surface area contributed by atoms with Gasteiger partial charge in [-0.25, -0.2) is 14.4 Å². The van der Waals surface area contributed by atoms with Crippen LogP contribution in [0.2, 0.25) is 0 Å². The third-order valence-electron chi connectivity index (χ3n) is 6.02. The number of hydrogen-bond acceptors (Lipinski definition) is 5. The molecule has 0 fully saturated rings. The first kappa shape index (κ1) is 21.7. The molecule has 0 aliphatic carbocycles. The van der Waals surface area contributed by atoms with Gasteiger partial charge in [-0.2, -0.15) is 4.98 Å². The lowest BCUT2D eigenvalue weighted by Gasteiger charge is -2.15. The van der Waals surface area contributed by atoms with E-state index in [-0.39, 0.29) is 11.9 Å². The maximum absolute atomic E-state index is 13.7. The average Bonchev–Trinajstić information content (AvgIpc) is 3.55. The molecule has 0 saturated heterocycles. The molecular weight excluding hydrogens is 453 g/mol. The predicted octanol–water partition coefficient (Wildman–Crippen LogP) is 7.05. The molecule has 3 aromatic carbocycles. The zero-order valence-corrected chi connectivity index (χ0v) is 19.5. The smallest absolute Gasteiger partial charge is 0.225 e. The lowest BCUT2D eigenvalue weighted by Crippen LogP contribution is -2.10. The second-order valence-electron chi connectivity index (χ2n) is 8.49. The third kappa shape index (κ3) is 4.22. The minimum atomic E-state index is -0.308. The fourth-order valence-electron chi connectivity index (χ4n) is 4.16. The molecule has 3 aromatic heterocycles. The summed E-state index contributed by atoms with van der Waals surface area (Å²) in [6.07, 6.45) is 3.58. The molecular formula is C29H22FN5O. The molecule has 6 nitrogen and oxygen atoms in total. The fourth-order valence-corrected chi connectivity index (χ4v) is 4.16. The molecule has 0 aliphatic rings. The van der Waals surface area contributed by atoms with Crippen LogP contribution in [0.3, 0.4) is 0 Å². The Morgan fingerprint density at radius 1 is 0.889 bits per heavy atom. The van der Waals surface area contributed by atoms with Crippen LogP contribution in [0, 0.1) is 5.82 Å². The first-order chi connectivity index (χ1) is 17.6. The number of benzene rings is 3. The standard InChI is InChI=1S/C29H22FN5O/c1-19(20-7-3-2-4-8-20)32-29-31-16-15-27(34-29)35-18-24(26-17-22-9-5-6-10-25(22)36-26)33-28(35)21-11-13-23(30)14-12-21/h2-19H,1H3,(H,31,32,34). The van der Waals surface area contributed by atoms with Crippen molar-refractivity contribution < 1.29 is 8.81 Å². The van der Waals surface area contributed by atoms with E-state index in [1.54, 1.807) is 18.3 Å². The largest absolute Gasteiger partial charge is 0.454 e. The van der Waals surface area contributed by atoms with Gasteiger partial charge >= 0.3 is 0 Å². The lowest BCUT2D eigenvalue weighted by atomic mass is 10.1.